The highest BCUT2D eigenvalue weighted by molar-refractivity contribution is 7.80. The lowest BCUT2D eigenvalue weighted by molar-refractivity contribution is -0.137. The molecule has 0 aromatic rings. The first-order valence-corrected chi connectivity index (χ1v) is 7.07. The zero-order valence-corrected chi connectivity index (χ0v) is 12.7. The van der Waals surface area contributed by atoms with Gasteiger partial charge in [-0.1, -0.05) is 33.0 Å². The van der Waals surface area contributed by atoms with E-state index >= 15 is 0 Å². The van der Waals surface area contributed by atoms with Gasteiger partial charge in [0, 0.05) is 25.7 Å². The molecule has 2 atom stereocenters. The van der Waals surface area contributed by atoms with Crippen molar-refractivity contribution >= 4 is 23.1 Å². The van der Waals surface area contributed by atoms with Gasteiger partial charge in [-0.2, -0.15) is 0 Å². The van der Waals surface area contributed by atoms with Gasteiger partial charge >= 0.3 is 0 Å². The molecule has 2 N–H and O–H groups in total. The second-order valence-electron chi connectivity index (χ2n) is 5.45. The molecule has 0 aromatic carbocycles. The molecule has 1 heterocycles. The van der Waals surface area contributed by atoms with E-state index in [-0.39, 0.29) is 17.7 Å². The van der Waals surface area contributed by atoms with Crippen LogP contribution in [0.15, 0.2) is 0 Å². The van der Waals surface area contributed by atoms with E-state index in [1.165, 1.54) is 0 Å². The fourth-order valence-corrected chi connectivity index (χ4v) is 2.89. The van der Waals surface area contributed by atoms with Crippen molar-refractivity contribution < 1.29 is 4.79 Å². The van der Waals surface area contributed by atoms with Crippen molar-refractivity contribution in [2.24, 2.45) is 17.6 Å². The predicted molar refractivity (Wildman–Crippen MR) is 78.4 cm³/mol. The monoisotopic (exact) mass is 271 g/mol. The van der Waals surface area contributed by atoms with E-state index in [9.17, 15) is 4.79 Å². The molecule has 1 fully saturated rings. The van der Waals surface area contributed by atoms with Gasteiger partial charge in [-0.25, -0.2) is 0 Å². The van der Waals surface area contributed by atoms with Crippen LogP contribution in [0.3, 0.4) is 0 Å². The summed E-state index contributed by atoms with van der Waals surface area (Å²) in [6.45, 7) is 8.63. The zero-order chi connectivity index (χ0) is 13.9. The van der Waals surface area contributed by atoms with Crippen LogP contribution in [0.1, 0.15) is 27.2 Å². The maximum Gasteiger partial charge on any atom is 0.232 e. The molecule has 0 saturated carbocycles. The summed E-state index contributed by atoms with van der Waals surface area (Å²) in [5.41, 5.74) is 5.71. The van der Waals surface area contributed by atoms with Crippen molar-refractivity contribution in [1.29, 1.82) is 0 Å². The molecule has 104 valence electrons. The fourth-order valence-electron chi connectivity index (χ4n) is 2.52. The van der Waals surface area contributed by atoms with Crippen molar-refractivity contribution in [1.82, 2.24) is 9.80 Å². The van der Waals surface area contributed by atoms with Crippen LogP contribution in [-0.2, 0) is 4.79 Å². The number of carbonyl (C=O) groups is 1. The summed E-state index contributed by atoms with van der Waals surface area (Å²) in [4.78, 5) is 17.1. The maximum atomic E-state index is 12.5. The topological polar surface area (TPSA) is 49.6 Å². The van der Waals surface area contributed by atoms with Gasteiger partial charge in [0.2, 0.25) is 5.91 Å². The number of thiocarbonyl (C=S) groups is 1. The molecule has 1 saturated heterocycles. The van der Waals surface area contributed by atoms with Gasteiger partial charge in [-0.3, -0.25) is 9.69 Å². The largest absolute Gasteiger partial charge is 0.393 e. The Hall–Kier alpha value is -0.680. The van der Waals surface area contributed by atoms with Crippen LogP contribution in [0.4, 0.5) is 0 Å². The number of likely N-dealkylation sites (N-methyl/N-ethyl adjacent to an activating group) is 1. The second kappa shape index (κ2) is 6.48. The number of carbonyl (C=O) groups excluding carboxylic acids is 1. The number of hydrogen-bond donors (Lipinski definition) is 1. The quantitative estimate of drug-likeness (QED) is 0.778. The predicted octanol–water partition coefficient (Wildman–Crippen LogP) is 1.10. The summed E-state index contributed by atoms with van der Waals surface area (Å²) in [5.74, 6) is -0.0558. The molecule has 1 rings (SSSR count). The first kappa shape index (κ1) is 15.4. The first-order valence-electron chi connectivity index (χ1n) is 6.66. The van der Waals surface area contributed by atoms with Crippen LogP contribution in [-0.4, -0.2) is 53.4 Å². The molecular weight excluding hydrogens is 246 g/mol. The number of hydrogen-bond acceptors (Lipinski definition) is 3. The lowest BCUT2D eigenvalue weighted by Crippen LogP contribution is -2.55. The van der Waals surface area contributed by atoms with Gasteiger partial charge in [-0.05, 0) is 19.4 Å². The van der Waals surface area contributed by atoms with Crippen LogP contribution in [0.2, 0.25) is 0 Å². The molecule has 1 aliphatic heterocycles. The fraction of sp³-hybridized carbons (Fsp3) is 0.846. The normalized spacial score (nSPS) is 23.2. The van der Waals surface area contributed by atoms with E-state index in [1.807, 2.05) is 18.7 Å². The van der Waals surface area contributed by atoms with Crippen LogP contribution in [0.5, 0.6) is 0 Å². The van der Waals surface area contributed by atoms with Crippen molar-refractivity contribution in [2.75, 3.05) is 26.7 Å². The summed E-state index contributed by atoms with van der Waals surface area (Å²) in [6.07, 6.45) is 1.06. The standard InChI is InChI=1S/C13H25N3OS/c1-5-10-8-16(7-6-15(10)4)13(17)11(9(2)3)12(14)18/h9-11H,5-8H2,1-4H3,(H2,14,18). The van der Waals surface area contributed by atoms with Crippen molar-refractivity contribution in [3.05, 3.63) is 0 Å². The minimum atomic E-state index is -0.319. The first-order chi connectivity index (χ1) is 8.38. The highest BCUT2D eigenvalue weighted by Crippen LogP contribution is 2.18. The Morgan fingerprint density at radius 2 is 2.06 bits per heavy atom. The zero-order valence-electron chi connectivity index (χ0n) is 11.8. The summed E-state index contributed by atoms with van der Waals surface area (Å²) in [7, 11) is 2.11. The smallest absolute Gasteiger partial charge is 0.232 e. The molecule has 1 aliphatic rings. The van der Waals surface area contributed by atoms with E-state index in [0.717, 1.165) is 26.1 Å². The van der Waals surface area contributed by atoms with Crippen molar-refractivity contribution in [2.45, 2.75) is 33.2 Å². The van der Waals surface area contributed by atoms with E-state index in [2.05, 4.69) is 18.9 Å². The van der Waals surface area contributed by atoms with Gasteiger partial charge in [0.1, 0.15) is 0 Å². The molecule has 0 aliphatic carbocycles. The Kier molecular flexibility index (Phi) is 5.53. The van der Waals surface area contributed by atoms with Gasteiger partial charge in [0.05, 0.1) is 10.9 Å². The third-order valence-electron chi connectivity index (χ3n) is 3.80. The molecule has 4 nitrogen and oxygen atoms in total. The Morgan fingerprint density at radius 1 is 1.44 bits per heavy atom. The molecule has 0 spiro atoms. The van der Waals surface area contributed by atoms with Crippen LogP contribution in [0, 0.1) is 11.8 Å². The molecule has 1 amide bonds. The Bertz CT molecular complexity index is 319. The van der Waals surface area contributed by atoms with Crippen LogP contribution in [0.25, 0.3) is 0 Å². The molecule has 18 heavy (non-hydrogen) atoms. The summed E-state index contributed by atoms with van der Waals surface area (Å²) in [5, 5.41) is 0. The molecular formula is C13H25N3OS. The minimum Gasteiger partial charge on any atom is -0.393 e. The van der Waals surface area contributed by atoms with E-state index < -0.39 is 0 Å². The lowest BCUT2D eigenvalue weighted by Gasteiger charge is -2.40. The molecule has 0 aromatic heterocycles. The second-order valence-corrected chi connectivity index (χ2v) is 5.92. The summed E-state index contributed by atoms with van der Waals surface area (Å²) < 4.78 is 0. The number of rotatable bonds is 4. The average molecular weight is 271 g/mol. The third-order valence-corrected chi connectivity index (χ3v) is 4.05. The van der Waals surface area contributed by atoms with Gasteiger partial charge < -0.3 is 10.6 Å². The van der Waals surface area contributed by atoms with Gasteiger partial charge in [0.25, 0.3) is 0 Å². The Morgan fingerprint density at radius 3 is 2.50 bits per heavy atom. The van der Waals surface area contributed by atoms with Gasteiger partial charge in [0.15, 0.2) is 0 Å². The lowest BCUT2D eigenvalue weighted by atomic mass is 9.93. The van der Waals surface area contributed by atoms with Crippen molar-refractivity contribution in [3.8, 4) is 0 Å². The SMILES string of the molecule is CCC1CN(C(=O)C(C(N)=S)C(C)C)CCN1C. The molecule has 2 unspecified atom stereocenters. The van der Waals surface area contributed by atoms with Crippen LogP contribution < -0.4 is 5.73 Å². The molecule has 5 heteroatoms. The van der Waals surface area contributed by atoms with E-state index in [0.29, 0.717) is 11.0 Å². The third kappa shape index (κ3) is 3.42. The summed E-state index contributed by atoms with van der Waals surface area (Å²) in [6, 6.07) is 0.446. The summed E-state index contributed by atoms with van der Waals surface area (Å²) >= 11 is 5.04. The van der Waals surface area contributed by atoms with Gasteiger partial charge in [-0.15, -0.1) is 0 Å². The molecule has 0 radical (unpaired) electrons. The van der Waals surface area contributed by atoms with Crippen LogP contribution >= 0.6 is 12.2 Å². The Labute approximate surface area is 115 Å². The number of amides is 1. The number of nitrogens with two attached hydrogens (primary N) is 1. The Balaban J connectivity index is 2.74. The minimum absolute atomic E-state index is 0.101. The average Bonchev–Trinajstić information content (AvgIpc) is 2.28. The van der Waals surface area contributed by atoms with E-state index in [1.54, 1.807) is 0 Å². The molecule has 0 bridgehead atoms. The van der Waals surface area contributed by atoms with Crippen molar-refractivity contribution in [3.63, 3.8) is 0 Å². The van der Waals surface area contributed by atoms with E-state index in [4.69, 9.17) is 18.0 Å². The maximum absolute atomic E-state index is 12.5. The number of piperazine rings is 1. The highest BCUT2D eigenvalue weighted by atomic mass is 32.1. The number of nitrogens with zero attached hydrogens (tertiary/aromatic N) is 2. The highest BCUT2D eigenvalue weighted by Gasteiger charge is 2.33.